The van der Waals surface area contributed by atoms with Crippen molar-refractivity contribution in [3.63, 3.8) is 0 Å². The van der Waals surface area contributed by atoms with E-state index in [1.807, 2.05) is 36.9 Å². The molecular weight excluding hydrogens is 216 g/mol. The summed E-state index contributed by atoms with van der Waals surface area (Å²) in [5.74, 6) is 2.55. The average molecular weight is 230 g/mol. The summed E-state index contributed by atoms with van der Waals surface area (Å²) in [4.78, 5) is 0. The highest BCUT2D eigenvalue weighted by molar-refractivity contribution is 5.38. The zero-order valence-electron chi connectivity index (χ0n) is 9.84. The van der Waals surface area contributed by atoms with Crippen molar-refractivity contribution in [2.24, 2.45) is 7.05 Å². The Labute approximate surface area is 99.4 Å². The third-order valence-electron chi connectivity index (χ3n) is 3.07. The average Bonchev–Trinajstić information content (AvgIpc) is 2.91. The fourth-order valence-electron chi connectivity index (χ4n) is 2.17. The maximum atomic E-state index is 5.88. The number of benzene rings is 1. The lowest BCUT2D eigenvalue weighted by Gasteiger charge is -2.10. The van der Waals surface area contributed by atoms with Crippen molar-refractivity contribution >= 4 is 5.95 Å². The molecule has 0 saturated heterocycles. The zero-order chi connectivity index (χ0) is 11.8. The Morgan fingerprint density at radius 3 is 2.88 bits per heavy atom. The molecule has 0 aliphatic carbocycles. The second kappa shape index (κ2) is 3.76. The normalized spacial score (nSPS) is 17.6. The quantitative estimate of drug-likeness (QED) is 0.850. The first-order chi connectivity index (χ1) is 8.29. The van der Waals surface area contributed by atoms with E-state index < -0.39 is 0 Å². The Kier molecular flexibility index (Phi) is 2.24. The first kappa shape index (κ1) is 10.1. The number of fused-ring (bicyclic) bond motifs is 1. The fourth-order valence-corrected chi connectivity index (χ4v) is 2.17. The van der Waals surface area contributed by atoms with Gasteiger partial charge in [-0.3, -0.25) is 4.57 Å². The van der Waals surface area contributed by atoms with Crippen LogP contribution in [0.4, 0.5) is 5.95 Å². The number of nitrogens with zero attached hydrogens (tertiary/aromatic N) is 3. The van der Waals surface area contributed by atoms with Crippen molar-refractivity contribution in [3.8, 4) is 5.75 Å². The van der Waals surface area contributed by atoms with Crippen molar-refractivity contribution in [1.82, 2.24) is 14.8 Å². The van der Waals surface area contributed by atoms with Gasteiger partial charge in [0.1, 0.15) is 5.75 Å². The van der Waals surface area contributed by atoms with Gasteiger partial charge in [-0.05, 0) is 11.6 Å². The number of nitrogens with one attached hydrogen (secondary N) is 1. The van der Waals surface area contributed by atoms with Crippen molar-refractivity contribution in [2.75, 3.05) is 12.4 Å². The summed E-state index contributed by atoms with van der Waals surface area (Å²) in [5, 5.41) is 11.2. The number of aromatic nitrogens is 3. The summed E-state index contributed by atoms with van der Waals surface area (Å²) < 4.78 is 7.81. The molecule has 1 aliphatic heterocycles. The Morgan fingerprint density at radius 1 is 1.35 bits per heavy atom. The van der Waals surface area contributed by atoms with E-state index in [4.69, 9.17) is 4.74 Å². The van der Waals surface area contributed by atoms with Crippen LogP contribution in [0.2, 0.25) is 0 Å². The van der Waals surface area contributed by atoms with E-state index in [0.29, 0.717) is 0 Å². The number of para-hydroxylation sites is 1. The predicted molar refractivity (Wildman–Crippen MR) is 64.1 cm³/mol. The predicted octanol–water partition coefficient (Wildman–Crippen LogP) is 1.53. The van der Waals surface area contributed by atoms with Crippen LogP contribution in [0, 0.1) is 0 Å². The molecule has 5 nitrogen and oxygen atoms in total. The number of hydrogen-bond donors (Lipinski definition) is 1. The summed E-state index contributed by atoms with van der Waals surface area (Å²) in [6.07, 6.45) is 0.818. The van der Waals surface area contributed by atoms with Crippen LogP contribution >= 0.6 is 0 Å². The first-order valence-electron chi connectivity index (χ1n) is 5.61. The monoisotopic (exact) mass is 230 g/mol. The van der Waals surface area contributed by atoms with E-state index in [2.05, 4.69) is 21.6 Å². The van der Waals surface area contributed by atoms with Gasteiger partial charge in [-0.2, -0.15) is 0 Å². The second-order valence-electron chi connectivity index (χ2n) is 4.11. The summed E-state index contributed by atoms with van der Waals surface area (Å²) in [5.41, 5.74) is 1.23. The van der Waals surface area contributed by atoms with Gasteiger partial charge in [0.15, 0.2) is 11.9 Å². The minimum Gasteiger partial charge on any atom is -0.482 e. The smallest absolute Gasteiger partial charge is 0.224 e. The molecule has 3 rings (SSSR count). The van der Waals surface area contributed by atoms with Gasteiger partial charge in [0.2, 0.25) is 5.95 Å². The molecule has 1 aliphatic rings. The van der Waals surface area contributed by atoms with Crippen LogP contribution in [0.15, 0.2) is 24.3 Å². The topological polar surface area (TPSA) is 52.0 Å². The highest BCUT2D eigenvalue weighted by Crippen LogP contribution is 2.35. The third-order valence-corrected chi connectivity index (χ3v) is 3.07. The highest BCUT2D eigenvalue weighted by atomic mass is 16.5. The molecule has 1 N–H and O–H groups in total. The number of ether oxygens (including phenoxy) is 1. The molecule has 2 aromatic rings. The van der Waals surface area contributed by atoms with Crippen molar-refractivity contribution in [2.45, 2.75) is 12.5 Å². The van der Waals surface area contributed by atoms with Gasteiger partial charge in [-0.1, -0.05) is 18.2 Å². The van der Waals surface area contributed by atoms with Gasteiger partial charge in [-0.15, -0.1) is 10.2 Å². The van der Waals surface area contributed by atoms with Crippen LogP contribution in [0.1, 0.15) is 17.5 Å². The maximum absolute atomic E-state index is 5.88. The van der Waals surface area contributed by atoms with Gasteiger partial charge in [0, 0.05) is 20.5 Å². The SMILES string of the molecule is CNc1nnc(C2Cc3ccccc3O2)n1C. The Hall–Kier alpha value is -2.04. The number of rotatable bonds is 2. The Balaban J connectivity index is 1.91. The minimum absolute atomic E-state index is 0.0352. The number of hydrogen-bond acceptors (Lipinski definition) is 4. The fraction of sp³-hybridized carbons (Fsp3) is 0.333. The highest BCUT2D eigenvalue weighted by Gasteiger charge is 2.28. The van der Waals surface area contributed by atoms with Crippen LogP contribution in [-0.4, -0.2) is 21.8 Å². The molecule has 17 heavy (non-hydrogen) atoms. The molecule has 0 saturated carbocycles. The van der Waals surface area contributed by atoms with Crippen LogP contribution in [0.5, 0.6) is 5.75 Å². The van der Waals surface area contributed by atoms with E-state index in [-0.39, 0.29) is 6.10 Å². The van der Waals surface area contributed by atoms with E-state index in [0.717, 1.165) is 23.9 Å². The molecule has 0 amide bonds. The van der Waals surface area contributed by atoms with Crippen LogP contribution < -0.4 is 10.1 Å². The zero-order valence-corrected chi connectivity index (χ0v) is 9.84. The summed E-state index contributed by atoms with van der Waals surface area (Å²) in [6, 6.07) is 8.09. The lowest BCUT2D eigenvalue weighted by molar-refractivity contribution is 0.223. The molecule has 1 unspecified atom stereocenters. The van der Waals surface area contributed by atoms with Gasteiger partial charge in [0.25, 0.3) is 0 Å². The molecule has 1 aromatic carbocycles. The van der Waals surface area contributed by atoms with Gasteiger partial charge >= 0.3 is 0 Å². The molecule has 88 valence electrons. The number of anilines is 1. The molecular formula is C12H14N4O. The molecule has 0 fully saturated rings. The summed E-state index contributed by atoms with van der Waals surface area (Å²) in [7, 11) is 3.77. The van der Waals surface area contributed by atoms with Crippen molar-refractivity contribution < 1.29 is 4.74 Å². The lowest BCUT2D eigenvalue weighted by Crippen LogP contribution is -2.11. The molecule has 0 radical (unpaired) electrons. The van der Waals surface area contributed by atoms with Crippen LogP contribution in [-0.2, 0) is 13.5 Å². The minimum atomic E-state index is -0.0352. The van der Waals surface area contributed by atoms with Crippen molar-refractivity contribution in [3.05, 3.63) is 35.7 Å². The van der Waals surface area contributed by atoms with E-state index in [9.17, 15) is 0 Å². The molecule has 5 heteroatoms. The van der Waals surface area contributed by atoms with E-state index in [1.54, 1.807) is 0 Å². The molecule has 1 atom stereocenters. The van der Waals surface area contributed by atoms with Gasteiger partial charge < -0.3 is 10.1 Å². The van der Waals surface area contributed by atoms with Crippen LogP contribution in [0.25, 0.3) is 0 Å². The summed E-state index contributed by atoms with van der Waals surface area (Å²) >= 11 is 0. The largest absolute Gasteiger partial charge is 0.482 e. The standard InChI is InChI=1S/C12H14N4O/c1-13-12-15-14-11(16(12)2)10-7-8-5-3-4-6-9(8)17-10/h3-6,10H,7H2,1-2H3,(H,13,15). The van der Waals surface area contributed by atoms with Gasteiger partial charge in [0.05, 0.1) is 0 Å². The molecule has 0 bridgehead atoms. The lowest BCUT2D eigenvalue weighted by atomic mass is 10.1. The molecule has 0 spiro atoms. The molecule has 1 aromatic heterocycles. The van der Waals surface area contributed by atoms with Crippen LogP contribution in [0.3, 0.4) is 0 Å². The maximum Gasteiger partial charge on any atom is 0.224 e. The van der Waals surface area contributed by atoms with Gasteiger partial charge in [-0.25, -0.2) is 0 Å². The first-order valence-corrected chi connectivity index (χ1v) is 5.61. The third kappa shape index (κ3) is 1.54. The van der Waals surface area contributed by atoms with E-state index >= 15 is 0 Å². The second-order valence-corrected chi connectivity index (χ2v) is 4.11. The Morgan fingerprint density at radius 2 is 2.18 bits per heavy atom. The van der Waals surface area contributed by atoms with E-state index in [1.165, 1.54) is 5.56 Å². The molecule has 2 heterocycles. The summed E-state index contributed by atoms with van der Waals surface area (Å²) in [6.45, 7) is 0. The Bertz CT molecular complexity index is 524. The van der Waals surface area contributed by atoms with Crippen molar-refractivity contribution in [1.29, 1.82) is 0 Å².